The molecule has 1 aliphatic carbocycles. The van der Waals surface area contributed by atoms with Crippen LogP contribution >= 0.6 is 11.6 Å². The molecule has 25 heavy (non-hydrogen) atoms. The highest BCUT2D eigenvalue weighted by Gasteiger charge is 2.30. The summed E-state index contributed by atoms with van der Waals surface area (Å²) in [4.78, 5) is 25.6. The Bertz CT molecular complexity index is 700. The zero-order valence-electron chi connectivity index (χ0n) is 14.8. The second-order valence-corrected chi connectivity index (χ2v) is 7.72. The van der Waals surface area contributed by atoms with E-state index in [1.165, 1.54) is 0 Å². The summed E-state index contributed by atoms with van der Waals surface area (Å²) in [7, 11) is 0. The van der Waals surface area contributed by atoms with Gasteiger partial charge in [-0.05, 0) is 44.8 Å². The first kappa shape index (κ1) is 17.9. The molecule has 0 atom stereocenters. The summed E-state index contributed by atoms with van der Waals surface area (Å²) in [6.07, 6.45) is 3.63. The number of allylic oxidation sites excluding steroid dienone is 2. The quantitative estimate of drug-likeness (QED) is 0.714. The van der Waals surface area contributed by atoms with E-state index >= 15 is 0 Å². The van der Waals surface area contributed by atoms with Crippen LogP contribution in [0.15, 0.2) is 33.7 Å². The molecule has 136 valence electrons. The fourth-order valence-corrected chi connectivity index (χ4v) is 3.48. The fourth-order valence-electron chi connectivity index (χ4n) is 3.10. The Kier molecular flexibility index (Phi) is 4.82. The van der Waals surface area contributed by atoms with Crippen molar-refractivity contribution in [1.29, 1.82) is 0 Å². The van der Waals surface area contributed by atoms with Crippen molar-refractivity contribution in [1.82, 2.24) is 10.2 Å². The number of fused-ring (bicyclic) bond motifs is 1. The van der Waals surface area contributed by atoms with E-state index in [1.807, 2.05) is 20.8 Å². The topological polar surface area (TPSA) is 67.9 Å². The highest BCUT2D eigenvalue weighted by atomic mass is 35.5. The molecule has 2 aliphatic heterocycles. The second-order valence-electron chi connectivity index (χ2n) is 7.34. The Labute approximate surface area is 152 Å². The summed E-state index contributed by atoms with van der Waals surface area (Å²) < 4.78 is 11.0. The van der Waals surface area contributed by atoms with E-state index in [2.05, 4.69) is 11.4 Å². The van der Waals surface area contributed by atoms with Gasteiger partial charge < -0.3 is 19.7 Å². The molecule has 0 aromatic rings. The molecule has 0 aromatic carbocycles. The van der Waals surface area contributed by atoms with Crippen molar-refractivity contribution >= 4 is 23.6 Å². The lowest BCUT2D eigenvalue weighted by atomic mass is 10.0. The minimum Gasteiger partial charge on any atom is -0.480 e. The number of carbonyl (C=O) groups excluding carboxylic acids is 2. The maximum atomic E-state index is 12.3. The molecule has 0 radical (unpaired) electrons. The SMILES string of the molecule is CC(C)(C)OC(=O)N1CCC2=CCC3=C(OCC(=O)N3)C(Cl)=C2CC1. The third-order valence-electron chi connectivity index (χ3n) is 4.25. The predicted molar refractivity (Wildman–Crippen MR) is 93.7 cm³/mol. The zero-order valence-corrected chi connectivity index (χ0v) is 15.5. The van der Waals surface area contributed by atoms with Crippen molar-refractivity contribution in [3.63, 3.8) is 0 Å². The van der Waals surface area contributed by atoms with Crippen molar-refractivity contribution in [2.45, 2.75) is 45.6 Å². The molecule has 0 bridgehead atoms. The molecule has 0 spiro atoms. The Morgan fingerprint density at radius 1 is 1.32 bits per heavy atom. The molecule has 0 unspecified atom stereocenters. The first-order valence-electron chi connectivity index (χ1n) is 8.47. The maximum absolute atomic E-state index is 12.3. The molecule has 6 nitrogen and oxygen atoms in total. The van der Waals surface area contributed by atoms with Crippen LogP contribution in [0.5, 0.6) is 0 Å². The van der Waals surface area contributed by atoms with Gasteiger partial charge in [-0.1, -0.05) is 17.7 Å². The normalized spacial score (nSPS) is 21.4. The number of amides is 2. The Morgan fingerprint density at radius 3 is 2.76 bits per heavy atom. The van der Waals surface area contributed by atoms with Crippen LogP contribution in [-0.2, 0) is 14.3 Å². The number of nitrogens with one attached hydrogen (secondary N) is 1. The van der Waals surface area contributed by atoms with Gasteiger partial charge in [0.25, 0.3) is 5.91 Å². The van der Waals surface area contributed by atoms with Crippen molar-refractivity contribution in [2.75, 3.05) is 19.7 Å². The van der Waals surface area contributed by atoms with Crippen molar-refractivity contribution in [3.8, 4) is 0 Å². The highest BCUT2D eigenvalue weighted by molar-refractivity contribution is 6.32. The molecular formula is C18H23ClN2O4. The number of carbonyl (C=O) groups is 2. The smallest absolute Gasteiger partial charge is 0.410 e. The van der Waals surface area contributed by atoms with Gasteiger partial charge in [0.15, 0.2) is 12.4 Å². The summed E-state index contributed by atoms with van der Waals surface area (Å²) in [5.74, 6) is 0.387. The summed E-state index contributed by atoms with van der Waals surface area (Å²) in [5, 5.41) is 3.37. The van der Waals surface area contributed by atoms with Crippen molar-refractivity contribution in [2.24, 2.45) is 0 Å². The van der Waals surface area contributed by atoms with Crippen molar-refractivity contribution in [3.05, 3.63) is 33.7 Å². The number of halogens is 1. The molecule has 1 saturated heterocycles. The van der Waals surface area contributed by atoms with E-state index < -0.39 is 5.60 Å². The maximum Gasteiger partial charge on any atom is 0.410 e. The average molecular weight is 367 g/mol. The summed E-state index contributed by atoms with van der Waals surface area (Å²) in [5.41, 5.74) is 2.27. The lowest BCUT2D eigenvalue weighted by molar-refractivity contribution is -0.125. The Balaban J connectivity index is 1.81. The van der Waals surface area contributed by atoms with Crippen LogP contribution < -0.4 is 5.32 Å². The van der Waals surface area contributed by atoms with Gasteiger partial charge in [-0.2, -0.15) is 0 Å². The minimum atomic E-state index is -0.516. The zero-order chi connectivity index (χ0) is 18.2. The van der Waals surface area contributed by atoms with Gasteiger partial charge in [-0.15, -0.1) is 0 Å². The van der Waals surface area contributed by atoms with Crippen LogP contribution in [0.3, 0.4) is 0 Å². The molecular weight excluding hydrogens is 344 g/mol. The minimum absolute atomic E-state index is 0.0261. The van der Waals surface area contributed by atoms with Gasteiger partial charge in [0.05, 0.1) is 10.7 Å². The molecule has 0 saturated carbocycles. The largest absolute Gasteiger partial charge is 0.480 e. The third kappa shape index (κ3) is 4.00. The second kappa shape index (κ2) is 6.75. The van der Waals surface area contributed by atoms with Crippen LogP contribution in [0.25, 0.3) is 0 Å². The molecule has 3 aliphatic rings. The monoisotopic (exact) mass is 366 g/mol. The molecule has 1 fully saturated rings. The van der Waals surface area contributed by atoms with Crippen molar-refractivity contribution < 1.29 is 19.1 Å². The van der Waals surface area contributed by atoms with Gasteiger partial charge >= 0.3 is 6.09 Å². The predicted octanol–water partition coefficient (Wildman–Crippen LogP) is 3.20. The van der Waals surface area contributed by atoms with Crippen LogP contribution in [-0.4, -0.2) is 42.2 Å². The van der Waals surface area contributed by atoms with E-state index in [4.69, 9.17) is 21.1 Å². The van der Waals surface area contributed by atoms with Crippen LogP contribution in [0.2, 0.25) is 0 Å². The Morgan fingerprint density at radius 2 is 2.04 bits per heavy atom. The lowest BCUT2D eigenvalue weighted by Gasteiger charge is -2.26. The van der Waals surface area contributed by atoms with Crippen LogP contribution in [0.4, 0.5) is 4.79 Å². The molecule has 2 heterocycles. The number of hydrogen-bond acceptors (Lipinski definition) is 4. The number of likely N-dealkylation sites (tertiary alicyclic amines) is 1. The van der Waals surface area contributed by atoms with E-state index in [1.54, 1.807) is 4.90 Å². The fraction of sp³-hybridized carbons (Fsp3) is 0.556. The molecule has 3 rings (SSSR count). The Hall–Kier alpha value is -1.95. The third-order valence-corrected chi connectivity index (χ3v) is 4.65. The average Bonchev–Trinajstić information content (AvgIpc) is 2.79. The molecule has 2 amide bonds. The van der Waals surface area contributed by atoms with Gasteiger partial charge in [-0.25, -0.2) is 4.79 Å². The van der Waals surface area contributed by atoms with Gasteiger partial charge in [0, 0.05) is 19.5 Å². The summed E-state index contributed by atoms with van der Waals surface area (Å²) in [6, 6.07) is 0. The first-order chi connectivity index (χ1) is 11.7. The van der Waals surface area contributed by atoms with Gasteiger partial charge in [0.2, 0.25) is 0 Å². The molecule has 0 aromatic heterocycles. The highest BCUT2D eigenvalue weighted by Crippen LogP contribution is 2.37. The van der Waals surface area contributed by atoms with E-state index in [-0.39, 0.29) is 18.6 Å². The number of hydrogen-bond donors (Lipinski definition) is 1. The van der Waals surface area contributed by atoms with Crippen LogP contribution in [0.1, 0.15) is 40.0 Å². The van der Waals surface area contributed by atoms with E-state index in [0.717, 1.165) is 11.1 Å². The first-order valence-corrected chi connectivity index (χ1v) is 8.84. The standard InChI is InChI=1S/C18H23ClN2O4/c1-18(2,3)25-17(23)21-8-6-11-4-5-13-16(24-10-14(22)20-13)15(19)12(11)7-9-21/h4H,5-10H2,1-3H3,(H,20,22). The molecule has 1 N–H and O–H groups in total. The summed E-state index contributed by atoms with van der Waals surface area (Å²) in [6.45, 7) is 6.66. The lowest BCUT2D eigenvalue weighted by Crippen LogP contribution is -2.37. The number of ether oxygens (including phenoxy) is 2. The van der Waals surface area contributed by atoms with E-state index in [9.17, 15) is 9.59 Å². The summed E-state index contributed by atoms with van der Waals surface area (Å²) >= 11 is 6.59. The van der Waals surface area contributed by atoms with Crippen LogP contribution in [0, 0.1) is 0 Å². The van der Waals surface area contributed by atoms with E-state index in [0.29, 0.717) is 48.8 Å². The number of rotatable bonds is 0. The molecule has 7 heteroatoms. The van der Waals surface area contributed by atoms with Gasteiger partial charge in [-0.3, -0.25) is 4.79 Å². The van der Waals surface area contributed by atoms with Gasteiger partial charge in [0.1, 0.15) is 5.60 Å². The number of nitrogens with zero attached hydrogens (tertiary/aromatic N) is 1.